The molecule has 26 heavy (non-hydrogen) atoms. The number of para-hydroxylation sites is 1. The zero-order chi connectivity index (χ0) is 19.1. The molecule has 1 aliphatic heterocycles. The Kier molecular flexibility index (Phi) is 4.90. The van der Waals surface area contributed by atoms with Crippen LogP contribution in [0.15, 0.2) is 34.1 Å². The van der Waals surface area contributed by atoms with Gasteiger partial charge < -0.3 is 10.6 Å². The van der Waals surface area contributed by atoms with Crippen molar-refractivity contribution in [3.05, 3.63) is 50.1 Å². The van der Waals surface area contributed by atoms with Gasteiger partial charge in [0.25, 0.3) is 5.91 Å². The first-order valence-electron chi connectivity index (χ1n) is 7.98. The second-order valence-electron chi connectivity index (χ2n) is 6.37. The molecule has 1 aromatic heterocycles. The van der Waals surface area contributed by atoms with Crippen LogP contribution in [0, 0.1) is 13.8 Å². The van der Waals surface area contributed by atoms with Crippen LogP contribution in [0.5, 0.6) is 0 Å². The minimum atomic E-state index is -1.16. The highest BCUT2D eigenvalue weighted by molar-refractivity contribution is 9.11. The molecule has 1 aromatic carbocycles. The van der Waals surface area contributed by atoms with E-state index in [1.165, 1.54) is 11.3 Å². The van der Waals surface area contributed by atoms with Crippen molar-refractivity contribution in [2.75, 3.05) is 11.9 Å². The lowest BCUT2D eigenvalue weighted by Crippen LogP contribution is -2.41. The zero-order valence-corrected chi connectivity index (χ0v) is 17.0. The highest BCUT2D eigenvalue weighted by Crippen LogP contribution is 2.35. The van der Waals surface area contributed by atoms with Crippen LogP contribution in [-0.2, 0) is 15.1 Å². The topological polar surface area (TPSA) is 78.5 Å². The number of amides is 4. The first-order valence-corrected chi connectivity index (χ1v) is 9.59. The van der Waals surface area contributed by atoms with E-state index in [1.54, 1.807) is 13.0 Å². The van der Waals surface area contributed by atoms with Gasteiger partial charge in [0.15, 0.2) is 5.54 Å². The minimum Gasteiger partial charge on any atom is -0.324 e. The number of hydrogen-bond donors (Lipinski definition) is 2. The Bertz CT molecular complexity index is 891. The number of imide groups is 1. The maximum atomic E-state index is 12.8. The van der Waals surface area contributed by atoms with Crippen LogP contribution in [0.1, 0.15) is 22.9 Å². The second-order valence-corrected chi connectivity index (χ2v) is 8.83. The molecule has 0 bridgehead atoms. The summed E-state index contributed by atoms with van der Waals surface area (Å²) in [5, 5.41) is 5.50. The van der Waals surface area contributed by atoms with Crippen LogP contribution in [-0.4, -0.2) is 29.3 Å². The van der Waals surface area contributed by atoms with Gasteiger partial charge in [-0.2, -0.15) is 0 Å². The van der Waals surface area contributed by atoms with Gasteiger partial charge in [0, 0.05) is 10.6 Å². The van der Waals surface area contributed by atoms with E-state index in [-0.39, 0.29) is 6.54 Å². The Morgan fingerprint density at radius 1 is 1.23 bits per heavy atom. The van der Waals surface area contributed by atoms with E-state index in [1.807, 2.05) is 38.1 Å². The van der Waals surface area contributed by atoms with Crippen LogP contribution in [0.2, 0.25) is 0 Å². The van der Waals surface area contributed by atoms with Gasteiger partial charge >= 0.3 is 6.03 Å². The Morgan fingerprint density at radius 3 is 2.46 bits per heavy atom. The number of anilines is 1. The molecule has 1 atom stereocenters. The SMILES string of the molecule is Cc1cccc(C)c1NC(=O)CN1C(=O)NC(C)(c2ccc(Br)s2)C1=O. The molecule has 0 radical (unpaired) electrons. The second kappa shape index (κ2) is 6.85. The molecule has 1 unspecified atom stereocenters. The number of urea groups is 1. The number of benzene rings is 1. The molecular weight excluding hydrogens is 418 g/mol. The highest BCUT2D eigenvalue weighted by atomic mass is 79.9. The molecule has 6 nitrogen and oxygen atoms in total. The van der Waals surface area contributed by atoms with E-state index in [0.29, 0.717) is 10.6 Å². The molecule has 8 heteroatoms. The predicted octanol–water partition coefficient (Wildman–Crippen LogP) is 3.53. The van der Waals surface area contributed by atoms with Crippen molar-refractivity contribution in [2.45, 2.75) is 26.3 Å². The third-order valence-electron chi connectivity index (χ3n) is 4.39. The van der Waals surface area contributed by atoms with E-state index in [4.69, 9.17) is 0 Å². The van der Waals surface area contributed by atoms with Gasteiger partial charge in [-0.05, 0) is 60.0 Å². The predicted molar refractivity (Wildman–Crippen MR) is 104 cm³/mol. The van der Waals surface area contributed by atoms with Crippen LogP contribution in [0.25, 0.3) is 0 Å². The average molecular weight is 436 g/mol. The van der Waals surface area contributed by atoms with Crippen molar-refractivity contribution < 1.29 is 14.4 Å². The highest BCUT2D eigenvalue weighted by Gasteiger charge is 2.50. The van der Waals surface area contributed by atoms with E-state index in [0.717, 1.165) is 19.8 Å². The molecule has 1 aliphatic rings. The van der Waals surface area contributed by atoms with Crippen molar-refractivity contribution >= 4 is 50.8 Å². The molecule has 4 amide bonds. The quantitative estimate of drug-likeness (QED) is 0.720. The van der Waals surface area contributed by atoms with Gasteiger partial charge in [-0.1, -0.05) is 18.2 Å². The number of aryl methyl sites for hydroxylation is 2. The smallest absolute Gasteiger partial charge is 0.324 e. The van der Waals surface area contributed by atoms with Gasteiger partial charge in [-0.3, -0.25) is 14.5 Å². The Labute approximate surface area is 163 Å². The summed E-state index contributed by atoms with van der Waals surface area (Å²) in [5.74, 6) is -0.851. The lowest BCUT2D eigenvalue weighted by atomic mass is 10.0. The summed E-state index contributed by atoms with van der Waals surface area (Å²) in [4.78, 5) is 39.2. The molecular formula is C18H18BrN3O3S. The van der Waals surface area contributed by atoms with E-state index in [9.17, 15) is 14.4 Å². The number of hydrogen-bond acceptors (Lipinski definition) is 4. The van der Waals surface area contributed by atoms with E-state index in [2.05, 4.69) is 26.6 Å². The van der Waals surface area contributed by atoms with Crippen LogP contribution >= 0.6 is 27.3 Å². The number of thiophene rings is 1. The van der Waals surface area contributed by atoms with Crippen LogP contribution in [0.4, 0.5) is 10.5 Å². The van der Waals surface area contributed by atoms with Crippen molar-refractivity contribution in [1.82, 2.24) is 10.2 Å². The summed E-state index contributed by atoms with van der Waals surface area (Å²) >= 11 is 4.73. The fraction of sp³-hybridized carbons (Fsp3) is 0.278. The summed E-state index contributed by atoms with van der Waals surface area (Å²) in [6.07, 6.45) is 0. The van der Waals surface area contributed by atoms with Gasteiger partial charge in [0.05, 0.1) is 3.79 Å². The monoisotopic (exact) mass is 435 g/mol. The first-order chi connectivity index (χ1) is 12.2. The maximum Gasteiger partial charge on any atom is 0.325 e. The summed E-state index contributed by atoms with van der Waals surface area (Å²) in [7, 11) is 0. The van der Waals surface area contributed by atoms with Crippen LogP contribution in [0.3, 0.4) is 0 Å². The normalized spacial score (nSPS) is 19.6. The molecule has 1 saturated heterocycles. The van der Waals surface area contributed by atoms with E-state index >= 15 is 0 Å². The third-order valence-corrected chi connectivity index (χ3v) is 6.23. The molecule has 0 saturated carbocycles. The van der Waals surface area contributed by atoms with Crippen molar-refractivity contribution in [3.8, 4) is 0 Å². The lowest BCUT2D eigenvalue weighted by molar-refractivity contribution is -0.133. The number of rotatable bonds is 4. The number of nitrogens with zero attached hydrogens (tertiary/aromatic N) is 1. The van der Waals surface area contributed by atoms with Crippen molar-refractivity contribution in [2.24, 2.45) is 0 Å². The fourth-order valence-corrected chi connectivity index (χ4v) is 4.40. The average Bonchev–Trinajstić information content (AvgIpc) is 3.10. The Morgan fingerprint density at radius 2 is 1.88 bits per heavy atom. The molecule has 2 heterocycles. The third kappa shape index (κ3) is 3.26. The van der Waals surface area contributed by atoms with Crippen LogP contribution < -0.4 is 10.6 Å². The fourth-order valence-electron chi connectivity index (χ4n) is 2.92. The lowest BCUT2D eigenvalue weighted by Gasteiger charge is -2.20. The molecule has 0 aliphatic carbocycles. The van der Waals surface area contributed by atoms with Crippen molar-refractivity contribution in [1.29, 1.82) is 0 Å². The van der Waals surface area contributed by atoms with Crippen molar-refractivity contribution in [3.63, 3.8) is 0 Å². The molecule has 136 valence electrons. The number of carbonyl (C=O) groups is 3. The summed E-state index contributed by atoms with van der Waals surface area (Å²) in [5.41, 5.74) is 1.38. The molecule has 1 fully saturated rings. The maximum absolute atomic E-state index is 12.8. The number of halogens is 1. The van der Waals surface area contributed by atoms with Gasteiger partial charge in [-0.15, -0.1) is 11.3 Å². The largest absolute Gasteiger partial charge is 0.325 e. The molecule has 2 N–H and O–H groups in total. The van der Waals surface area contributed by atoms with Gasteiger partial charge in [0.1, 0.15) is 6.54 Å². The summed E-state index contributed by atoms with van der Waals surface area (Å²) < 4.78 is 0.863. The molecule has 0 spiro atoms. The first kappa shape index (κ1) is 18.6. The van der Waals surface area contributed by atoms with Gasteiger partial charge in [0.2, 0.25) is 5.91 Å². The summed E-state index contributed by atoms with van der Waals surface area (Å²) in [6.45, 7) is 5.10. The summed E-state index contributed by atoms with van der Waals surface area (Å²) in [6, 6.07) is 8.72. The van der Waals surface area contributed by atoms with Gasteiger partial charge in [-0.25, -0.2) is 4.79 Å². The number of carbonyl (C=O) groups excluding carboxylic acids is 3. The number of nitrogens with one attached hydrogen (secondary N) is 2. The Hall–Kier alpha value is -2.19. The molecule has 2 aromatic rings. The molecule has 3 rings (SSSR count). The van der Waals surface area contributed by atoms with E-state index < -0.39 is 23.4 Å². The minimum absolute atomic E-state index is 0.333. The zero-order valence-electron chi connectivity index (χ0n) is 14.6. The Balaban J connectivity index is 1.77. The standard InChI is InChI=1S/C18H18BrN3O3S/c1-10-5-4-6-11(2)15(10)20-14(23)9-22-16(24)18(3,21-17(22)25)12-7-8-13(19)26-12/h4-8H,9H2,1-3H3,(H,20,23)(H,21,25).